The van der Waals surface area contributed by atoms with Crippen LogP contribution in [-0.4, -0.2) is 50.2 Å². The highest BCUT2D eigenvalue weighted by Gasteiger charge is 2.30. The first kappa shape index (κ1) is 13.7. The highest BCUT2D eigenvalue weighted by Crippen LogP contribution is 2.17. The largest absolute Gasteiger partial charge is 0.401 e. The minimum absolute atomic E-state index is 0.337. The number of rotatable bonds is 5. The fraction of sp³-hybridized carbons (Fsp3) is 1.00. The molecule has 0 aliphatic carbocycles. The van der Waals surface area contributed by atoms with E-state index in [1.165, 1.54) is 4.90 Å². The topological polar surface area (TPSA) is 21.7 Å². The summed E-state index contributed by atoms with van der Waals surface area (Å²) in [5, 5.41) is 0. The predicted molar refractivity (Wildman–Crippen MR) is 53.1 cm³/mol. The van der Waals surface area contributed by atoms with Crippen molar-refractivity contribution < 1.29 is 22.6 Å². The first-order chi connectivity index (χ1) is 7.51. The molecule has 0 aromatic carbocycles. The summed E-state index contributed by atoms with van der Waals surface area (Å²) in [4.78, 5) is 1.35. The number of halogens is 3. The maximum absolute atomic E-state index is 12.2. The Kier molecular flexibility index (Phi) is 5.51. The lowest BCUT2D eigenvalue weighted by atomic mass is 10.3. The van der Waals surface area contributed by atoms with Crippen molar-refractivity contribution in [3.8, 4) is 0 Å². The van der Waals surface area contributed by atoms with Crippen molar-refractivity contribution in [2.45, 2.75) is 32.2 Å². The van der Waals surface area contributed by atoms with Gasteiger partial charge in [0.15, 0.2) is 6.29 Å². The summed E-state index contributed by atoms with van der Waals surface area (Å²) in [6.45, 7) is 2.85. The van der Waals surface area contributed by atoms with Crippen LogP contribution in [0.3, 0.4) is 0 Å². The van der Waals surface area contributed by atoms with Crippen LogP contribution in [-0.2, 0) is 9.47 Å². The molecule has 1 saturated heterocycles. The van der Waals surface area contributed by atoms with Gasteiger partial charge in [0.05, 0.1) is 19.8 Å². The molecule has 0 aromatic rings. The molecule has 0 aromatic heterocycles. The second-order valence-electron chi connectivity index (χ2n) is 3.80. The van der Waals surface area contributed by atoms with Crippen molar-refractivity contribution >= 4 is 0 Å². The number of hydrogen-bond acceptors (Lipinski definition) is 3. The van der Waals surface area contributed by atoms with E-state index in [4.69, 9.17) is 9.47 Å². The van der Waals surface area contributed by atoms with Crippen LogP contribution in [0.15, 0.2) is 0 Å². The lowest BCUT2D eigenvalue weighted by Gasteiger charge is -2.27. The first-order valence-electron chi connectivity index (χ1n) is 5.53. The summed E-state index contributed by atoms with van der Waals surface area (Å²) in [6.07, 6.45) is -3.12. The van der Waals surface area contributed by atoms with E-state index in [1.54, 1.807) is 6.92 Å². The number of hydrogen-bond donors (Lipinski definition) is 0. The molecule has 1 heterocycles. The van der Waals surface area contributed by atoms with Gasteiger partial charge in [-0.2, -0.15) is 13.2 Å². The van der Waals surface area contributed by atoms with Gasteiger partial charge in [-0.1, -0.05) is 6.92 Å². The molecule has 0 unspecified atom stereocenters. The zero-order chi connectivity index (χ0) is 12.0. The molecule has 6 heteroatoms. The molecule has 0 N–H and O–H groups in total. The van der Waals surface area contributed by atoms with Gasteiger partial charge in [0.1, 0.15) is 0 Å². The van der Waals surface area contributed by atoms with Gasteiger partial charge in [0.25, 0.3) is 0 Å². The van der Waals surface area contributed by atoms with Crippen molar-refractivity contribution in [3.63, 3.8) is 0 Å². The monoisotopic (exact) mass is 241 g/mol. The average Bonchev–Trinajstić information content (AvgIpc) is 2.24. The van der Waals surface area contributed by atoms with Crippen molar-refractivity contribution in [2.24, 2.45) is 0 Å². The quantitative estimate of drug-likeness (QED) is 0.735. The van der Waals surface area contributed by atoms with E-state index in [1.807, 2.05) is 0 Å². The molecule has 0 atom stereocenters. The Balaban J connectivity index is 2.22. The second-order valence-corrected chi connectivity index (χ2v) is 3.80. The van der Waals surface area contributed by atoms with Gasteiger partial charge in [-0.15, -0.1) is 0 Å². The minimum Gasteiger partial charge on any atom is -0.353 e. The third-order valence-electron chi connectivity index (χ3n) is 2.43. The van der Waals surface area contributed by atoms with Crippen LogP contribution in [0.25, 0.3) is 0 Å². The van der Waals surface area contributed by atoms with E-state index in [0.717, 1.165) is 6.42 Å². The van der Waals surface area contributed by atoms with Crippen LogP contribution in [0.2, 0.25) is 0 Å². The Morgan fingerprint density at radius 3 is 2.38 bits per heavy atom. The van der Waals surface area contributed by atoms with E-state index in [-0.39, 0.29) is 6.29 Å². The Bertz CT molecular complexity index is 193. The standard InChI is InChI=1S/C10H18F3NO2/c1-2-14(8-10(11,12)13)5-4-9-15-6-3-7-16-9/h9H,2-8H2,1H3. The molecule has 1 aliphatic rings. The Labute approximate surface area is 93.5 Å². The fourth-order valence-corrected chi connectivity index (χ4v) is 1.59. The van der Waals surface area contributed by atoms with Crippen molar-refractivity contribution in [1.29, 1.82) is 0 Å². The molecule has 16 heavy (non-hydrogen) atoms. The molecule has 1 aliphatic heterocycles. The maximum atomic E-state index is 12.2. The van der Waals surface area contributed by atoms with Crippen LogP contribution >= 0.6 is 0 Å². The van der Waals surface area contributed by atoms with Crippen molar-refractivity contribution in [3.05, 3.63) is 0 Å². The van der Waals surface area contributed by atoms with Crippen LogP contribution in [0.4, 0.5) is 13.2 Å². The summed E-state index contributed by atoms with van der Waals surface area (Å²) >= 11 is 0. The molecule has 0 amide bonds. The van der Waals surface area contributed by atoms with Gasteiger partial charge < -0.3 is 9.47 Å². The van der Waals surface area contributed by atoms with E-state index in [0.29, 0.717) is 32.7 Å². The third-order valence-corrected chi connectivity index (χ3v) is 2.43. The lowest BCUT2D eigenvalue weighted by molar-refractivity contribution is -0.186. The van der Waals surface area contributed by atoms with Crippen LogP contribution < -0.4 is 0 Å². The van der Waals surface area contributed by atoms with E-state index in [2.05, 4.69) is 0 Å². The third kappa shape index (κ3) is 5.67. The molecular formula is C10H18F3NO2. The highest BCUT2D eigenvalue weighted by molar-refractivity contribution is 4.63. The smallest absolute Gasteiger partial charge is 0.353 e. The fourth-order valence-electron chi connectivity index (χ4n) is 1.59. The molecule has 3 nitrogen and oxygen atoms in total. The van der Waals surface area contributed by atoms with Crippen LogP contribution in [0, 0.1) is 0 Å². The molecule has 0 saturated carbocycles. The van der Waals surface area contributed by atoms with Crippen molar-refractivity contribution in [1.82, 2.24) is 4.90 Å². The normalized spacial score (nSPS) is 19.3. The molecule has 96 valence electrons. The van der Waals surface area contributed by atoms with Gasteiger partial charge in [-0.05, 0) is 13.0 Å². The molecule has 1 rings (SSSR count). The summed E-state index contributed by atoms with van der Waals surface area (Å²) in [7, 11) is 0. The minimum atomic E-state index is -4.13. The zero-order valence-corrected chi connectivity index (χ0v) is 9.42. The Morgan fingerprint density at radius 1 is 1.25 bits per heavy atom. The summed E-state index contributed by atoms with van der Waals surface area (Å²) in [6, 6.07) is 0. The molecule has 1 fully saturated rings. The van der Waals surface area contributed by atoms with Gasteiger partial charge in [-0.25, -0.2) is 0 Å². The SMILES string of the molecule is CCN(CCC1OCCCO1)CC(F)(F)F. The molecular weight excluding hydrogens is 223 g/mol. The van der Waals surface area contributed by atoms with E-state index < -0.39 is 12.7 Å². The Morgan fingerprint density at radius 2 is 1.88 bits per heavy atom. The lowest BCUT2D eigenvalue weighted by Crippen LogP contribution is -2.37. The number of nitrogens with zero attached hydrogens (tertiary/aromatic N) is 1. The summed E-state index contributed by atoms with van der Waals surface area (Å²) < 4.78 is 47.0. The van der Waals surface area contributed by atoms with Gasteiger partial charge >= 0.3 is 6.18 Å². The highest BCUT2D eigenvalue weighted by atomic mass is 19.4. The van der Waals surface area contributed by atoms with E-state index >= 15 is 0 Å². The van der Waals surface area contributed by atoms with Crippen LogP contribution in [0.1, 0.15) is 19.8 Å². The number of ether oxygens (including phenoxy) is 2. The maximum Gasteiger partial charge on any atom is 0.401 e. The van der Waals surface area contributed by atoms with Gasteiger partial charge in [0, 0.05) is 13.0 Å². The average molecular weight is 241 g/mol. The molecule has 0 bridgehead atoms. The van der Waals surface area contributed by atoms with Crippen LogP contribution in [0.5, 0.6) is 0 Å². The van der Waals surface area contributed by atoms with Crippen molar-refractivity contribution in [2.75, 3.05) is 32.8 Å². The molecule has 0 radical (unpaired) electrons. The van der Waals surface area contributed by atoms with E-state index in [9.17, 15) is 13.2 Å². The first-order valence-corrected chi connectivity index (χ1v) is 5.53. The number of alkyl halides is 3. The summed E-state index contributed by atoms with van der Waals surface area (Å²) in [5.74, 6) is 0. The predicted octanol–water partition coefficient (Wildman–Crippen LogP) is 2.02. The Hall–Kier alpha value is -0.330. The summed E-state index contributed by atoms with van der Waals surface area (Å²) in [5.41, 5.74) is 0. The zero-order valence-electron chi connectivity index (χ0n) is 9.42. The molecule has 0 spiro atoms. The van der Waals surface area contributed by atoms with Gasteiger partial charge in [-0.3, -0.25) is 4.90 Å². The van der Waals surface area contributed by atoms with Gasteiger partial charge in [0.2, 0.25) is 0 Å². The second kappa shape index (κ2) is 6.42.